The molecule has 0 atom stereocenters. The minimum Gasteiger partial charge on any atom is -0.497 e. The van der Waals surface area contributed by atoms with Gasteiger partial charge < -0.3 is 19.4 Å². The Bertz CT molecular complexity index is 1170. The van der Waals surface area contributed by atoms with Gasteiger partial charge in [-0.1, -0.05) is 6.07 Å². The van der Waals surface area contributed by atoms with Gasteiger partial charge in [-0.2, -0.15) is 0 Å². The maximum atomic E-state index is 9.10. The number of carbonyl (C=O) groups is 2. The topological polar surface area (TPSA) is 128 Å². The molecule has 0 radical (unpaired) electrons. The van der Waals surface area contributed by atoms with Crippen LogP contribution in [0.1, 0.15) is 11.4 Å². The van der Waals surface area contributed by atoms with Gasteiger partial charge in [-0.3, -0.25) is 4.57 Å². The zero-order valence-corrected chi connectivity index (χ0v) is 15.8. The smallest absolute Gasteiger partial charge is 0.414 e. The molecule has 0 aliphatic carbocycles. The van der Waals surface area contributed by atoms with Gasteiger partial charge in [0.15, 0.2) is 0 Å². The third kappa shape index (κ3) is 4.71. The Morgan fingerprint density at radius 3 is 2.50 bits per heavy atom. The van der Waals surface area contributed by atoms with Crippen molar-refractivity contribution in [2.24, 2.45) is 0 Å². The van der Waals surface area contributed by atoms with Gasteiger partial charge in [0.2, 0.25) is 0 Å². The van der Waals surface area contributed by atoms with E-state index in [0.29, 0.717) is 0 Å². The Hall–Kier alpha value is -4.40. The predicted molar refractivity (Wildman–Crippen MR) is 108 cm³/mol. The summed E-state index contributed by atoms with van der Waals surface area (Å²) in [6.07, 6.45) is 9.02. The van der Waals surface area contributed by atoms with E-state index in [9.17, 15) is 0 Å². The average molecular weight is 407 g/mol. The number of hydrogen-bond acceptors (Lipinski definition) is 6. The van der Waals surface area contributed by atoms with Gasteiger partial charge in [0.1, 0.15) is 17.4 Å². The molecule has 0 aliphatic rings. The van der Waals surface area contributed by atoms with E-state index in [4.69, 9.17) is 33.9 Å². The number of rotatable bonds is 4. The molecular weight excluding hydrogens is 390 g/mol. The molecule has 0 fully saturated rings. The number of carboxylic acids is 2. The molecule has 9 heteroatoms. The predicted octanol–water partition coefficient (Wildman–Crippen LogP) is 3.35. The minimum atomic E-state index is -1.82. The number of fused-ring (bicyclic) bond motifs is 1. The Morgan fingerprint density at radius 1 is 1.10 bits per heavy atom. The van der Waals surface area contributed by atoms with Crippen LogP contribution in [0.3, 0.4) is 0 Å². The fraction of sp³-hybridized carbons (Fsp3) is 0.0476. The van der Waals surface area contributed by atoms with Crippen LogP contribution in [0.25, 0.3) is 29.0 Å². The van der Waals surface area contributed by atoms with Gasteiger partial charge in [-0.25, -0.2) is 19.6 Å². The lowest BCUT2D eigenvalue weighted by Crippen LogP contribution is -2.09. The summed E-state index contributed by atoms with van der Waals surface area (Å²) in [6.45, 7) is 0. The third-order valence-electron chi connectivity index (χ3n) is 3.92. The summed E-state index contributed by atoms with van der Waals surface area (Å²) >= 11 is 0. The van der Waals surface area contributed by atoms with E-state index in [2.05, 4.69) is 4.98 Å². The van der Waals surface area contributed by atoms with Gasteiger partial charge >= 0.3 is 11.9 Å². The van der Waals surface area contributed by atoms with Crippen LogP contribution in [0.4, 0.5) is 0 Å². The van der Waals surface area contributed by atoms with E-state index in [1.54, 1.807) is 25.8 Å². The zero-order chi connectivity index (χ0) is 21.5. The molecule has 2 N–H and O–H groups in total. The number of ether oxygens (including phenoxy) is 1. The standard InChI is InChI=1S/C19H15N3O2.C2H2O4/c1-23-15-6-7-17-16(12-15)21-19(8-5-14-9-11-24-13-14)22(17)18-4-2-3-10-20-18;3-1(4)2(5)6/h2-13H,1H3;(H,3,4)(H,5,6)/b8-5+;. The lowest BCUT2D eigenvalue weighted by Gasteiger charge is -2.06. The highest BCUT2D eigenvalue weighted by Crippen LogP contribution is 2.25. The van der Waals surface area contributed by atoms with Crippen molar-refractivity contribution in [3.63, 3.8) is 0 Å². The summed E-state index contributed by atoms with van der Waals surface area (Å²) in [5.74, 6) is -1.27. The molecule has 3 aromatic heterocycles. The summed E-state index contributed by atoms with van der Waals surface area (Å²) in [5.41, 5.74) is 2.81. The minimum absolute atomic E-state index is 0.776. The first-order valence-electron chi connectivity index (χ1n) is 8.64. The summed E-state index contributed by atoms with van der Waals surface area (Å²) < 4.78 is 12.4. The normalized spacial score (nSPS) is 10.6. The van der Waals surface area contributed by atoms with Gasteiger partial charge in [0, 0.05) is 17.8 Å². The highest BCUT2D eigenvalue weighted by Gasteiger charge is 2.12. The van der Waals surface area contributed by atoms with Crippen molar-refractivity contribution in [2.75, 3.05) is 7.11 Å². The molecule has 152 valence electrons. The molecule has 0 saturated heterocycles. The third-order valence-corrected chi connectivity index (χ3v) is 3.92. The molecule has 1 aromatic carbocycles. The van der Waals surface area contributed by atoms with Gasteiger partial charge in [0.05, 0.1) is 30.7 Å². The maximum Gasteiger partial charge on any atom is 0.414 e. The number of nitrogens with zero attached hydrogens (tertiary/aromatic N) is 3. The van der Waals surface area contributed by atoms with Crippen LogP contribution in [-0.4, -0.2) is 43.8 Å². The molecule has 0 bridgehead atoms. The van der Waals surface area contributed by atoms with Crippen LogP contribution >= 0.6 is 0 Å². The Balaban J connectivity index is 0.000000377. The van der Waals surface area contributed by atoms with Crippen molar-refractivity contribution < 1.29 is 29.0 Å². The molecule has 3 heterocycles. The van der Waals surface area contributed by atoms with Crippen LogP contribution in [-0.2, 0) is 9.59 Å². The van der Waals surface area contributed by atoms with E-state index < -0.39 is 11.9 Å². The molecular formula is C21H17N3O6. The number of aliphatic carboxylic acids is 2. The first kappa shape index (κ1) is 20.3. The lowest BCUT2D eigenvalue weighted by atomic mass is 10.3. The highest BCUT2D eigenvalue weighted by molar-refractivity contribution is 6.27. The molecule has 0 saturated carbocycles. The number of aromatic nitrogens is 3. The number of hydrogen-bond donors (Lipinski definition) is 2. The first-order chi connectivity index (χ1) is 14.5. The van der Waals surface area contributed by atoms with Crippen molar-refractivity contribution >= 4 is 35.1 Å². The number of furan rings is 1. The van der Waals surface area contributed by atoms with Crippen LogP contribution in [0.5, 0.6) is 5.75 Å². The van der Waals surface area contributed by atoms with E-state index in [0.717, 1.165) is 34.0 Å². The number of pyridine rings is 1. The van der Waals surface area contributed by atoms with Crippen molar-refractivity contribution in [3.05, 3.63) is 72.6 Å². The Labute approximate surface area is 170 Å². The van der Waals surface area contributed by atoms with E-state index in [-0.39, 0.29) is 0 Å². The summed E-state index contributed by atoms with van der Waals surface area (Å²) in [5, 5.41) is 14.8. The number of imidazole rings is 1. The molecule has 0 unspecified atom stereocenters. The number of carboxylic acid groups (broad SMARTS) is 2. The molecule has 0 amide bonds. The summed E-state index contributed by atoms with van der Waals surface area (Å²) in [7, 11) is 1.65. The quantitative estimate of drug-likeness (QED) is 0.493. The first-order valence-corrected chi connectivity index (χ1v) is 8.64. The fourth-order valence-electron chi connectivity index (χ4n) is 2.58. The average Bonchev–Trinajstić information content (AvgIpc) is 3.40. The van der Waals surface area contributed by atoms with E-state index in [1.165, 1.54) is 0 Å². The Morgan fingerprint density at radius 2 is 1.90 bits per heavy atom. The second-order valence-corrected chi connectivity index (χ2v) is 5.85. The Kier molecular flexibility index (Phi) is 6.23. The lowest BCUT2D eigenvalue weighted by molar-refractivity contribution is -0.159. The number of methoxy groups -OCH3 is 1. The van der Waals surface area contributed by atoms with Gasteiger partial charge in [-0.05, 0) is 42.5 Å². The molecule has 0 aliphatic heterocycles. The van der Waals surface area contributed by atoms with Crippen LogP contribution in [0.2, 0.25) is 0 Å². The van der Waals surface area contributed by atoms with Gasteiger partial charge in [-0.15, -0.1) is 0 Å². The van der Waals surface area contributed by atoms with Crippen LogP contribution < -0.4 is 4.74 Å². The number of benzene rings is 1. The second-order valence-electron chi connectivity index (χ2n) is 5.85. The molecule has 9 nitrogen and oxygen atoms in total. The highest BCUT2D eigenvalue weighted by atomic mass is 16.5. The van der Waals surface area contributed by atoms with Crippen LogP contribution in [0, 0.1) is 0 Å². The van der Waals surface area contributed by atoms with E-state index >= 15 is 0 Å². The van der Waals surface area contributed by atoms with E-state index in [1.807, 2.05) is 59.2 Å². The van der Waals surface area contributed by atoms with Crippen molar-refractivity contribution in [1.29, 1.82) is 0 Å². The van der Waals surface area contributed by atoms with Crippen molar-refractivity contribution in [2.45, 2.75) is 0 Å². The SMILES string of the molecule is COc1ccc2c(c1)nc(/C=C/c1ccoc1)n2-c1ccccn1.O=C(O)C(=O)O. The molecule has 4 aromatic rings. The monoisotopic (exact) mass is 407 g/mol. The second kappa shape index (κ2) is 9.20. The van der Waals surface area contributed by atoms with Crippen LogP contribution in [0.15, 0.2) is 65.6 Å². The van der Waals surface area contributed by atoms with Gasteiger partial charge in [0.25, 0.3) is 0 Å². The molecule has 0 spiro atoms. The van der Waals surface area contributed by atoms with Crippen molar-refractivity contribution in [3.8, 4) is 11.6 Å². The fourth-order valence-corrected chi connectivity index (χ4v) is 2.58. The van der Waals surface area contributed by atoms with Crippen molar-refractivity contribution in [1.82, 2.24) is 14.5 Å². The molecule has 30 heavy (non-hydrogen) atoms. The summed E-state index contributed by atoms with van der Waals surface area (Å²) in [6, 6.07) is 13.5. The maximum absolute atomic E-state index is 9.10. The summed E-state index contributed by atoms with van der Waals surface area (Å²) in [4.78, 5) is 27.4. The largest absolute Gasteiger partial charge is 0.497 e. The zero-order valence-electron chi connectivity index (χ0n) is 15.8. The molecule has 4 rings (SSSR count).